The molecule has 1 atom stereocenters. The van der Waals surface area contributed by atoms with Crippen molar-refractivity contribution in [2.45, 2.75) is 45.1 Å². The Bertz CT molecular complexity index is 1380. The standard InChI is InChI=1S/C26H24FN5O4/c27-17-10-8-16(9-11-17)13-34-15-22-28-25(31-36-22)20-6-3-4-12-32(20)26(33)24-19-14-35-21-7-2-1-5-18(21)23(19)29-30-24/h1-2,5,7-11,20H,3-4,6,12-15H2,(H,29,30). The number of halogens is 1. The molecule has 0 spiro atoms. The van der Waals surface area contributed by atoms with Crippen LogP contribution in [0.2, 0.25) is 0 Å². The monoisotopic (exact) mass is 489 g/mol. The van der Waals surface area contributed by atoms with E-state index in [1.807, 2.05) is 24.3 Å². The molecule has 2 aliphatic rings. The van der Waals surface area contributed by atoms with Crippen LogP contribution in [-0.4, -0.2) is 37.7 Å². The molecule has 184 valence electrons. The van der Waals surface area contributed by atoms with Crippen LogP contribution in [0.1, 0.15) is 58.6 Å². The second kappa shape index (κ2) is 9.54. The number of carbonyl (C=O) groups excluding carboxylic acids is 1. The van der Waals surface area contributed by atoms with Crippen LogP contribution < -0.4 is 4.74 Å². The summed E-state index contributed by atoms with van der Waals surface area (Å²) in [5.74, 6) is 1.09. The molecule has 1 saturated heterocycles. The first-order valence-electron chi connectivity index (χ1n) is 11.9. The second-order valence-electron chi connectivity index (χ2n) is 8.89. The van der Waals surface area contributed by atoms with E-state index in [4.69, 9.17) is 14.0 Å². The van der Waals surface area contributed by atoms with Gasteiger partial charge in [0.05, 0.1) is 12.6 Å². The van der Waals surface area contributed by atoms with Gasteiger partial charge >= 0.3 is 0 Å². The normalized spacial score (nSPS) is 16.8. The Morgan fingerprint density at radius 3 is 2.89 bits per heavy atom. The Balaban J connectivity index is 1.17. The summed E-state index contributed by atoms with van der Waals surface area (Å²) >= 11 is 0. The average Bonchev–Trinajstić information content (AvgIpc) is 3.57. The van der Waals surface area contributed by atoms with Crippen LogP contribution in [0.3, 0.4) is 0 Å². The first-order chi connectivity index (χ1) is 17.7. The number of amides is 1. The van der Waals surface area contributed by atoms with Gasteiger partial charge < -0.3 is 18.9 Å². The van der Waals surface area contributed by atoms with Crippen LogP contribution >= 0.6 is 0 Å². The van der Waals surface area contributed by atoms with Crippen LogP contribution in [0.15, 0.2) is 53.1 Å². The summed E-state index contributed by atoms with van der Waals surface area (Å²) < 4.78 is 30.0. The minimum Gasteiger partial charge on any atom is -0.488 e. The number of likely N-dealkylation sites (tertiary alicyclic amines) is 1. The highest BCUT2D eigenvalue weighted by atomic mass is 19.1. The molecule has 4 aromatic rings. The first kappa shape index (κ1) is 22.4. The predicted molar refractivity (Wildman–Crippen MR) is 125 cm³/mol. The molecule has 1 fully saturated rings. The molecule has 1 amide bonds. The summed E-state index contributed by atoms with van der Waals surface area (Å²) in [6.45, 7) is 1.28. The zero-order valence-electron chi connectivity index (χ0n) is 19.4. The van der Waals surface area contributed by atoms with E-state index >= 15 is 0 Å². The van der Waals surface area contributed by atoms with Gasteiger partial charge in [0.2, 0.25) is 0 Å². The predicted octanol–water partition coefficient (Wildman–Crippen LogP) is 4.58. The van der Waals surface area contributed by atoms with Crippen LogP contribution in [-0.2, 0) is 24.6 Å². The SMILES string of the molecule is O=C(c1[nH]nc2c1COc1ccccc1-2)N1CCCCC1c1noc(COCc2ccc(F)cc2)n1. The zero-order valence-corrected chi connectivity index (χ0v) is 19.4. The third-order valence-corrected chi connectivity index (χ3v) is 6.55. The van der Waals surface area contributed by atoms with Crippen molar-refractivity contribution in [1.29, 1.82) is 0 Å². The first-order valence-corrected chi connectivity index (χ1v) is 11.9. The topological polar surface area (TPSA) is 106 Å². The summed E-state index contributed by atoms with van der Waals surface area (Å²) in [7, 11) is 0. The van der Waals surface area contributed by atoms with Crippen molar-refractivity contribution in [2.75, 3.05) is 6.54 Å². The quantitative estimate of drug-likeness (QED) is 0.423. The van der Waals surface area contributed by atoms with Crippen molar-refractivity contribution < 1.29 is 23.2 Å². The zero-order chi connectivity index (χ0) is 24.5. The molecule has 2 aliphatic heterocycles. The van der Waals surface area contributed by atoms with E-state index in [1.165, 1.54) is 12.1 Å². The minimum atomic E-state index is -0.309. The minimum absolute atomic E-state index is 0.121. The van der Waals surface area contributed by atoms with Gasteiger partial charge in [-0.3, -0.25) is 9.89 Å². The van der Waals surface area contributed by atoms with Crippen molar-refractivity contribution >= 4 is 5.91 Å². The fourth-order valence-electron chi connectivity index (χ4n) is 4.73. The van der Waals surface area contributed by atoms with Gasteiger partial charge in [0, 0.05) is 17.7 Å². The maximum atomic E-state index is 13.6. The summed E-state index contributed by atoms with van der Waals surface area (Å²) in [6, 6.07) is 13.5. The second-order valence-corrected chi connectivity index (χ2v) is 8.89. The molecule has 0 aliphatic carbocycles. The van der Waals surface area contributed by atoms with Gasteiger partial charge in [0.1, 0.15) is 36.2 Å². The van der Waals surface area contributed by atoms with Crippen molar-refractivity contribution in [3.05, 3.63) is 82.9 Å². The van der Waals surface area contributed by atoms with E-state index < -0.39 is 0 Å². The molecule has 4 heterocycles. The van der Waals surface area contributed by atoms with Gasteiger partial charge in [-0.2, -0.15) is 10.1 Å². The van der Waals surface area contributed by atoms with E-state index in [1.54, 1.807) is 17.0 Å². The number of carbonyl (C=O) groups is 1. The van der Waals surface area contributed by atoms with E-state index in [-0.39, 0.29) is 31.0 Å². The maximum absolute atomic E-state index is 13.6. The lowest BCUT2D eigenvalue weighted by Crippen LogP contribution is -2.39. The van der Waals surface area contributed by atoms with Crippen LogP contribution in [0, 0.1) is 5.82 Å². The number of rotatable bonds is 6. The third kappa shape index (κ3) is 4.24. The van der Waals surface area contributed by atoms with Crippen molar-refractivity contribution in [1.82, 2.24) is 25.2 Å². The van der Waals surface area contributed by atoms with Gasteiger partial charge in [-0.1, -0.05) is 29.4 Å². The van der Waals surface area contributed by atoms with E-state index in [9.17, 15) is 9.18 Å². The molecular weight excluding hydrogens is 465 g/mol. The number of para-hydroxylation sites is 1. The molecule has 0 saturated carbocycles. The smallest absolute Gasteiger partial charge is 0.272 e. The van der Waals surface area contributed by atoms with Crippen LogP contribution in [0.5, 0.6) is 5.75 Å². The molecule has 10 heteroatoms. The lowest BCUT2D eigenvalue weighted by atomic mass is 9.99. The molecule has 1 N–H and O–H groups in total. The highest BCUT2D eigenvalue weighted by Crippen LogP contribution is 2.38. The number of aromatic amines is 1. The number of ether oxygens (including phenoxy) is 2. The van der Waals surface area contributed by atoms with Crippen molar-refractivity contribution in [2.24, 2.45) is 0 Å². The summed E-state index contributed by atoms with van der Waals surface area (Å²) in [5, 5.41) is 11.5. The number of H-pyrrole nitrogens is 1. The highest BCUT2D eigenvalue weighted by Gasteiger charge is 2.35. The largest absolute Gasteiger partial charge is 0.488 e. The summed E-state index contributed by atoms with van der Waals surface area (Å²) in [6.07, 6.45) is 2.58. The maximum Gasteiger partial charge on any atom is 0.272 e. The summed E-state index contributed by atoms with van der Waals surface area (Å²) in [5.41, 5.74) is 3.64. The van der Waals surface area contributed by atoms with E-state index in [0.717, 1.165) is 47.4 Å². The van der Waals surface area contributed by atoms with Crippen molar-refractivity contribution in [3.63, 3.8) is 0 Å². The lowest BCUT2D eigenvalue weighted by molar-refractivity contribution is 0.0587. The molecule has 1 unspecified atom stereocenters. The number of hydrogen-bond donors (Lipinski definition) is 1. The molecular formula is C26H24FN5O4. The fraction of sp³-hybridized carbons (Fsp3) is 0.308. The van der Waals surface area contributed by atoms with Gasteiger partial charge in [0.25, 0.3) is 11.8 Å². The molecule has 36 heavy (non-hydrogen) atoms. The number of benzene rings is 2. The molecule has 2 aromatic heterocycles. The average molecular weight is 490 g/mol. The van der Waals surface area contributed by atoms with E-state index in [0.29, 0.717) is 30.6 Å². The van der Waals surface area contributed by atoms with Crippen LogP contribution in [0.25, 0.3) is 11.3 Å². The Kier molecular flexibility index (Phi) is 5.94. The van der Waals surface area contributed by atoms with Gasteiger partial charge in [-0.15, -0.1) is 0 Å². The van der Waals surface area contributed by atoms with Gasteiger partial charge in [-0.25, -0.2) is 4.39 Å². The number of hydrogen-bond acceptors (Lipinski definition) is 7. The highest BCUT2D eigenvalue weighted by molar-refractivity contribution is 5.96. The third-order valence-electron chi connectivity index (χ3n) is 6.55. The molecule has 9 nitrogen and oxygen atoms in total. The number of nitrogens with zero attached hydrogens (tertiary/aromatic N) is 4. The lowest BCUT2D eigenvalue weighted by Gasteiger charge is -2.33. The van der Waals surface area contributed by atoms with Crippen molar-refractivity contribution in [3.8, 4) is 17.0 Å². The molecule has 0 radical (unpaired) electrons. The molecule has 6 rings (SSSR count). The molecule has 0 bridgehead atoms. The number of aromatic nitrogens is 4. The molecule has 2 aromatic carbocycles. The number of fused-ring (bicyclic) bond motifs is 3. The Labute approximate surface area is 206 Å². The summed E-state index contributed by atoms with van der Waals surface area (Å²) in [4.78, 5) is 19.9. The Morgan fingerprint density at radius 2 is 2.00 bits per heavy atom. The number of piperidine rings is 1. The van der Waals surface area contributed by atoms with Crippen LogP contribution in [0.4, 0.5) is 4.39 Å². The Morgan fingerprint density at radius 1 is 1.14 bits per heavy atom. The van der Waals surface area contributed by atoms with Gasteiger partial charge in [-0.05, 0) is 49.1 Å². The Hall–Kier alpha value is -4.05. The number of nitrogens with one attached hydrogen (secondary N) is 1. The van der Waals surface area contributed by atoms with Gasteiger partial charge in [0.15, 0.2) is 5.82 Å². The fourth-order valence-corrected chi connectivity index (χ4v) is 4.73. The van der Waals surface area contributed by atoms with E-state index in [2.05, 4.69) is 20.3 Å².